The third-order valence-electron chi connectivity index (χ3n) is 6.33. The van der Waals surface area contributed by atoms with Crippen LogP contribution < -0.4 is 16.4 Å². The monoisotopic (exact) mass is 622 g/mol. The van der Waals surface area contributed by atoms with Crippen molar-refractivity contribution < 1.29 is 33.4 Å². The molecule has 0 fully saturated rings. The highest BCUT2D eigenvalue weighted by molar-refractivity contribution is 5.95. The number of rotatable bonds is 13. The Kier molecular flexibility index (Phi) is 12.9. The maximum Gasteiger partial charge on any atom is 0.408 e. The van der Waals surface area contributed by atoms with E-state index in [2.05, 4.69) is 17.2 Å². The summed E-state index contributed by atoms with van der Waals surface area (Å²) in [5.41, 5.74) is 5.62. The molecule has 0 bridgehead atoms. The molecule has 0 spiro atoms. The minimum absolute atomic E-state index is 0.00368. The Morgan fingerprint density at radius 2 is 1.51 bits per heavy atom. The van der Waals surface area contributed by atoms with Crippen LogP contribution in [0.15, 0.2) is 61.2 Å². The molecule has 0 saturated heterocycles. The number of nitrogens with two attached hydrogens (primary N) is 1. The van der Waals surface area contributed by atoms with E-state index in [9.17, 15) is 24.0 Å². The molecule has 244 valence electrons. The molecule has 0 aliphatic heterocycles. The topological polar surface area (TPSA) is 157 Å². The van der Waals surface area contributed by atoms with E-state index in [0.29, 0.717) is 11.1 Å². The summed E-state index contributed by atoms with van der Waals surface area (Å²) in [4.78, 5) is 67.5. The van der Waals surface area contributed by atoms with Gasteiger partial charge in [0.2, 0.25) is 17.7 Å². The van der Waals surface area contributed by atoms with Crippen molar-refractivity contribution >= 4 is 35.9 Å². The van der Waals surface area contributed by atoms with Gasteiger partial charge in [-0.3, -0.25) is 14.4 Å². The van der Waals surface area contributed by atoms with Crippen molar-refractivity contribution in [2.24, 2.45) is 5.73 Å². The highest BCUT2D eigenvalue weighted by Crippen LogP contribution is 2.25. The smallest absolute Gasteiger partial charge is 0.408 e. The lowest BCUT2D eigenvalue weighted by Crippen LogP contribution is -2.55. The minimum atomic E-state index is -1.43. The first-order valence-electron chi connectivity index (χ1n) is 14.8. The SMILES string of the molecule is C=Cc1cccc(C(C(=O)NC(Cc2ccccc2)C(=O)OC(C)(C)C)N(CC)C(=O)C(CC(N)=O)NC(=O)OC(C)(C)C)c1. The fraction of sp³-hybridized carbons (Fsp3) is 0.441. The Morgan fingerprint density at radius 3 is 2.04 bits per heavy atom. The van der Waals surface area contributed by atoms with Gasteiger partial charge in [0.1, 0.15) is 29.3 Å². The van der Waals surface area contributed by atoms with E-state index in [-0.39, 0.29) is 13.0 Å². The number of nitrogens with one attached hydrogen (secondary N) is 2. The second-order valence-electron chi connectivity index (χ2n) is 12.6. The van der Waals surface area contributed by atoms with Crippen LogP contribution in [0.4, 0.5) is 4.79 Å². The molecule has 45 heavy (non-hydrogen) atoms. The number of primary amides is 1. The molecule has 11 nitrogen and oxygen atoms in total. The molecule has 0 aliphatic rings. The Morgan fingerprint density at radius 1 is 0.889 bits per heavy atom. The normalized spacial score (nSPS) is 13.4. The summed E-state index contributed by atoms with van der Waals surface area (Å²) >= 11 is 0. The van der Waals surface area contributed by atoms with Gasteiger partial charge < -0.3 is 30.7 Å². The lowest BCUT2D eigenvalue weighted by Gasteiger charge is -2.34. The molecule has 0 saturated carbocycles. The largest absolute Gasteiger partial charge is 0.458 e. The Labute approximate surface area is 265 Å². The molecule has 0 radical (unpaired) electrons. The number of nitrogens with zero attached hydrogens (tertiary/aromatic N) is 1. The predicted octanol–water partition coefficient (Wildman–Crippen LogP) is 4.06. The third kappa shape index (κ3) is 12.1. The number of carbonyl (C=O) groups excluding carboxylic acids is 5. The summed E-state index contributed by atoms with van der Waals surface area (Å²) in [6.45, 7) is 15.6. The van der Waals surface area contributed by atoms with Crippen LogP contribution in [0.2, 0.25) is 0 Å². The van der Waals surface area contributed by atoms with Crippen molar-refractivity contribution in [3.05, 3.63) is 77.9 Å². The highest BCUT2D eigenvalue weighted by atomic mass is 16.6. The Bertz CT molecular complexity index is 1360. The lowest BCUT2D eigenvalue weighted by molar-refractivity contribution is -0.159. The van der Waals surface area contributed by atoms with E-state index in [1.54, 1.807) is 78.8 Å². The van der Waals surface area contributed by atoms with Gasteiger partial charge in [-0.2, -0.15) is 0 Å². The minimum Gasteiger partial charge on any atom is -0.458 e. The van der Waals surface area contributed by atoms with Gasteiger partial charge >= 0.3 is 12.1 Å². The number of carbonyl (C=O) groups is 5. The quantitative estimate of drug-likeness (QED) is 0.284. The molecule has 2 aromatic carbocycles. The molecular formula is C34H46N4O7. The van der Waals surface area contributed by atoms with Crippen LogP contribution in [0.25, 0.3) is 6.08 Å². The van der Waals surface area contributed by atoms with Crippen molar-refractivity contribution in [2.75, 3.05) is 6.54 Å². The van der Waals surface area contributed by atoms with E-state index < -0.39 is 65.5 Å². The zero-order chi connectivity index (χ0) is 33.9. The van der Waals surface area contributed by atoms with Crippen molar-refractivity contribution in [3.8, 4) is 0 Å². The van der Waals surface area contributed by atoms with Crippen molar-refractivity contribution in [3.63, 3.8) is 0 Å². The molecule has 0 aromatic heterocycles. The van der Waals surface area contributed by atoms with Crippen LogP contribution in [0.1, 0.15) is 77.6 Å². The number of hydrogen-bond acceptors (Lipinski definition) is 7. The van der Waals surface area contributed by atoms with Crippen LogP contribution in [-0.4, -0.2) is 64.5 Å². The number of benzene rings is 2. The average molecular weight is 623 g/mol. The first-order valence-corrected chi connectivity index (χ1v) is 14.8. The summed E-state index contributed by atoms with van der Waals surface area (Å²) in [5.74, 6) is -2.91. The predicted molar refractivity (Wildman–Crippen MR) is 172 cm³/mol. The molecule has 3 unspecified atom stereocenters. The maximum absolute atomic E-state index is 14.2. The van der Waals surface area contributed by atoms with Gasteiger partial charge in [-0.15, -0.1) is 0 Å². The van der Waals surface area contributed by atoms with Crippen molar-refractivity contribution in [1.29, 1.82) is 0 Å². The van der Waals surface area contributed by atoms with E-state index >= 15 is 0 Å². The van der Waals surface area contributed by atoms with Crippen LogP contribution >= 0.6 is 0 Å². The van der Waals surface area contributed by atoms with Gasteiger partial charge in [0, 0.05) is 13.0 Å². The summed E-state index contributed by atoms with van der Waals surface area (Å²) in [7, 11) is 0. The fourth-order valence-electron chi connectivity index (χ4n) is 4.51. The van der Waals surface area contributed by atoms with E-state index in [0.717, 1.165) is 5.56 Å². The maximum atomic E-state index is 14.2. The zero-order valence-electron chi connectivity index (χ0n) is 27.2. The molecule has 0 aliphatic carbocycles. The van der Waals surface area contributed by atoms with Gasteiger partial charge in [-0.05, 0) is 71.2 Å². The van der Waals surface area contributed by atoms with Gasteiger partial charge in [0.15, 0.2) is 0 Å². The third-order valence-corrected chi connectivity index (χ3v) is 6.33. The molecule has 0 heterocycles. The number of esters is 1. The van der Waals surface area contributed by atoms with E-state index in [1.165, 1.54) is 4.90 Å². The van der Waals surface area contributed by atoms with Gasteiger partial charge in [0.25, 0.3) is 0 Å². The van der Waals surface area contributed by atoms with Crippen molar-refractivity contribution in [1.82, 2.24) is 15.5 Å². The number of alkyl carbamates (subject to hydrolysis) is 1. The number of ether oxygens (including phenoxy) is 2. The van der Waals surface area contributed by atoms with Gasteiger partial charge in [0.05, 0.1) is 6.42 Å². The summed E-state index contributed by atoms with van der Waals surface area (Å²) in [6.07, 6.45) is 0.256. The van der Waals surface area contributed by atoms with E-state index in [4.69, 9.17) is 15.2 Å². The lowest BCUT2D eigenvalue weighted by atomic mass is 9.98. The number of hydrogen-bond donors (Lipinski definition) is 3. The van der Waals surface area contributed by atoms with Crippen LogP contribution in [0, 0.1) is 0 Å². The molecule has 4 amide bonds. The first kappa shape index (κ1) is 36.5. The standard InChI is InChI=1S/C34H46N4O7/c1-9-22-17-14-18-24(19-22)28(38(10-2)30(41)25(21-27(35)39)37-32(43)45-34(6,7)8)29(40)36-26(31(42)44-33(3,4)5)20-23-15-12-11-13-16-23/h9,11-19,25-26,28H,1,10,20-21H2,2-8H3,(H2,35,39)(H,36,40)(H,37,43). The van der Waals surface area contributed by atoms with Crippen LogP contribution in [-0.2, 0) is 35.1 Å². The molecule has 2 rings (SSSR count). The summed E-state index contributed by atoms with van der Waals surface area (Å²) < 4.78 is 10.9. The summed E-state index contributed by atoms with van der Waals surface area (Å²) in [6, 6.07) is 12.2. The van der Waals surface area contributed by atoms with Crippen molar-refractivity contribution in [2.45, 2.75) is 90.6 Å². The Balaban J connectivity index is 2.58. The zero-order valence-corrected chi connectivity index (χ0v) is 27.2. The highest BCUT2D eigenvalue weighted by Gasteiger charge is 2.38. The fourth-order valence-corrected chi connectivity index (χ4v) is 4.51. The second kappa shape index (κ2) is 15.9. The van der Waals surface area contributed by atoms with Crippen LogP contribution in [0.3, 0.4) is 0 Å². The van der Waals surface area contributed by atoms with Gasteiger partial charge in [-0.1, -0.05) is 61.2 Å². The average Bonchev–Trinajstić information content (AvgIpc) is 2.93. The molecule has 3 atom stereocenters. The molecular weight excluding hydrogens is 576 g/mol. The molecule has 11 heteroatoms. The molecule has 2 aromatic rings. The Hall–Kier alpha value is -4.67. The second-order valence-corrected chi connectivity index (χ2v) is 12.6. The van der Waals surface area contributed by atoms with E-state index in [1.807, 2.05) is 30.3 Å². The van der Waals surface area contributed by atoms with Crippen LogP contribution in [0.5, 0.6) is 0 Å². The number of amides is 4. The first-order chi connectivity index (χ1) is 20.9. The number of likely N-dealkylation sites (N-methyl/N-ethyl adjacent to an activating group) is 1. The van der Waals surface area contributed by atoms with Gasteiger partial charge in [-0.25, -0.2) is 9.59 Å². The molecule has 4 N–H and O–H groups in total. The summed E-state index contributed by atoms with van der Waals surface area (Å²) in [5, 5.41) is 5.24.